The number of carbonyl (C=O) groups is 1. The highest BCUT2D eigenvalue weighted by molar-refractivity contribution is 5.81. The lowest BCUT2D eigenvalue weighted by molar-refractivity contribution is -0.138. The fourth-order valence-electron chi connectivity index (χ4n) is 3.78. The number of carboxylic acid groups (broad SMARTS) is 1. The first-order valence-electron chi connectivity index (χ1n) is 8.73. The van der Waals surface area contributed by atoms with E-state index in [2.05, 4.69) is 15.0 Å². The second-order valence-electron chi connectivity index (χ2n) is 6.82. The number of nitrogens with zero attached hydrogens (tertiary/aromatic N) is 4. The van der Waals surface area contributed by atoms with Gasteiger partial charge in [-0.05, 0) is 12.8 Å². The number of rotatable bonds is 4. The van der Waals surface area contributed by atoms with Crippen LogP contribution in [0.1, 0.15) is 19.1 Å². The fourth-order valence-corrected chi connectivity index (χ4v) is 3.78. The Kier molecular flexibility index (Phi) is 4.45. The number of aliphatic hydroxyl groups excluding tert-OH is 3. The van der Waals surface area contributed by atoms with Gasteiger partial charge in [0.15, 0.2) is 17.4 Å². The molecule has 0 spiro atoms. The molecule has 4 heterocycles. The van der Waals surface area contributed by atoms with E-state index in [0.29, 0.717) is 19.4 Å². The Balaban J connectivity index is 1.93. The smallest absolute Gasteiger partial charge is 0.326 e. The number of carboxylic acids is 1. The van der Waals surface area contributed by atoms with Gasteiger partial charge in [-0.25, -0.2) is 9.78 Å². The summed E-state index contributed by atoms with van der Waals surface area (Å²) >= 11 is 0. The number of aliphatic hydroxyl groups is 3. The molecule has 152 valence electrons. The van der Waals surface area contributed by atoms with Crippen molar-refractivity contribution < 1.29 is 30.0 Å². The van der Waals surface area contributed by atoms with Crippen LogP contribution in [0.3, 0.4) is 0 Å². The van der Waals surface area contributed by atoms with Gasteiger partial charge in [0.25, 0.3) is 5.56 Å². The first-order chi connectivity index (χ1) is 13.3. The molecule has 13 heteroatoms. The molecule has 0 unspecified atom stereocenters. The van der Waals surface area contributed by atoms with Crippen LogP contribution in [0.5, 0.6) is 0 Å². The number of aromatic nitrogens is 4. The van der Waals surface area contributed by atoms with Gasteiger partial charge < -0.3 is 35.8 Å². The van der Waals surface area contributed by atoms with Crippen LogP contribution in [0.4, 0.5) is 11.9 Å². The Bertz CT molecular complexity index is 974. The standard InChI is InChI=1S/C15H20N6O7/c16-14-18-10-7(11(25)19-14)17-15(20-3-1-2-5(20)13(26)27)21(10)12-9(24)8(23)6(4-22)28-12/h5-6,8-9,12,22-24H,1-4H2,(H,26,27)(H3,16,18,19,25)/t5-,6+,8+,9+,12+/m0/s1. The van der Waals surface area contributed by atoms with Gasteiger partial charge in [-0.1, -0.05) is 0 Å². The molecule has 0 aliphatic carbocycles. The third-order valence-corrected chi connectivity index (χ3v) is 5.12. The number of ether oxygens (including phenoxy) is 1. The van der Waals surface area contributed by atoms with Gasteiger partial charge in [-0.2, -0.15) is 4.98 Å². The normalized spacial score (nSPS) is 30.4. The van der Waals surface area contributed by atoms with E-state index in [1.807, 2.05) is 0 Å². The van der Waals surface area contributed by atoms with E-state index in [-0.39, 0.29) is 23.1 Å². The van der Waals surface area contributed by atoms with E-state index in [4.69, 9.17) is 10.5 Å². The molecule has 13 nitrogen and oxygen atoms in total. The molecule has 2 aliphatic rings. The number of nitrogen functional groups attached to an aromatic ring is 1. The van der Waals surface area contributed by atoms with Crippen molar-refractivity contribution in [3.8, 4) is 0 Å². The number of nitrogens with one attached hydrogen (secondary N) is 1. The van der Waals surface area contributed by atoms with E-state index < -0.39 is 48.7 Å². The molecule has 0 saturated carbocycles. The maximum atomic E-state index is 12.3. The van der Waals surface area contributed by atoms with Crippen molar-refractivity contribution in [3.63, 3.8) is 0 Å². The van der Waals surface area contributed by atoms with Crippen LogP contribution in [-0.4, -0.2) is 83.4 Å². The Morgan fingerprint density at radius 1 is 1.32 bits per heavy atom. The van der Waals surface area contributed by atoms with E-state index in [9.17, 15) is 30.0 Å². The highest BCUT2D eigenvalue weighted by Gasteiger charge is 2.46. The number of aliphatic carboxylic acids is 1. The van der Waals surface area contributed by atoms with Crippen LogP contribution in [0.25, 0.3) is 11.2 Å². The summed E-state index contributed by atoms with van der Waals surface area (Å²) in [5.74, 6) is -1.20. The van der Waals surface area contributed by atoms with Crippen molar-refractivity contribution >= 4 is 29.0 Å². The lowest BCUT2D eigenvalue weighted by atomic mass is 10.1. The van der Waals surface area contributed by atoms with Gasteiger partial charge in [-0.15, -0.1) is 0 Å². The van der Waals surface area contributed by atoms with Crippen molar-refractivity contribution in [2.45, 2.75) is 43.4 Å². The summed E-state index contributed by atoms with van der Waals surface area (Å²) in [5, 5.41) is 39.5. The Labute approximate surface area is 157 Å². The molecular weight excluding hydrogens is 376 g/mol. The van der Waals surface area contributed by atoms with Crippen molar-refractivity contribution in [2.75, 3.05) is 23.8 Å². The van der Waals surface area contributed by atoms with Crippen LogP contribution < -0.4 is 16.2 Å². The monoisotopic (exact) mass is 396 g/mol. The highest BCUT2D eigenvalue weighted by atomic mass is 16.6. The van der Waals surface area contributed by atoms with Crippen molar-refractivity contribution in [1.29, 1.82) is 0 Å². The Morgan fingerprint density at radius 3 is 2.71 bits per heavy atom. The number of nitrogens with two attached hydrogens (primary N) is 1. The van der Waals surface area contributed by atoms with Gasteiger partial charge in [0.05, 0.1) is 6.61 Å². The first kappa shape index (κ1) is 18.6. The first-order valence-corrected chi connectivity index (χ1v) is 8.73. The van der Waals surface area contributed by atoms with E-state index in [1.54, 1.807) is 0 Å². The minimum atomic E-state index is -1.47. The molecule has 5 atom stereocenters. The summed E-state index contributed by atoms with van der Waals surface area (Å²) in [6.07, 6.45) is -4.23. The van der Waals surface area contributed by atoms with Gasteiger partial charge in [0, 0.05) is 6.54 Å². The number of imidazole rings is 1. The number of H-pyrrole nitrogens is 1. The number of anilines is 2. The summed E-state index contributed by atoms with van der Waals surface area (Å²) in [7, 11) is 0. The van der Waals surface area contributed by atoms with E-state index in [0.717, 1.165) is 0 Å². The number of hydrogen-bond donors (Lipinski definition) is 6. The minimum Gasteiger partial charge on any atom is -0.480 e. The second-order valence-corrected chi connectivity index (χ2v) is 6.82. The molecule has 4 rings (SSSR count). The maximum Gasteiger partial charge on any atom is 0.326 e. The third kappa shape index (κ3) is 2.71. The predicted octanol–water partition coefficient (Wildman–Crippen LogP) is -2.63. The summed E-state index contributed by atoms with van der Waals surface area (Å²) in [6, 6.07) is -0.885. The van der Waals surface area contributed by atoms with Crippen molar-refractivity contribution in [2.24, 2.45) is 0 Å². The predicted molar refractivity (Wildman–Crippen MR) is 93.6 cm³/mol. The zero-order valence-corrected chi connectivity index (χ0v) is 14.6. The van der Waals surface area contributed by atoms with Crippen LogP contribution in [-0.2, 0) is 9.53 Å². The molecule has 0 bridgehead atoms. The van der Waals surface area contributed by atoms with Crippen molar-refractivity contribution in [1.82, 2.24) is 19.5 Å². The molecule has 28 heavy (non-hydrogen) atoms. The zero-order chi connectivity index (χ0) is 20.2. The number of aromatic amines is 1. The molecule has 2 aromatic rings. The van der Waals surface area contributed by atoms with Crippen LogP contribution in [0.2, 0.25) is 0 Å². The van der Waals surface area contributed by atoms with Gasteiger partial charge >= 0.3 is 5.97 Å². The maximum absolute atomic E-state index is 12.3. The molecule has 2 fully saturated rings. The van der Waals surface area contributed by atoms with Gasteiger partial charge in [-0.3, -0.25) is 14.3 Å². The third-order valence-electron chi connectivity index (χ3n) is 5.12. The topological polar surface area (TPSA) is 200 Å². The fraction of sp³-hybridized carbons (Fsp3) is 0.600. The van der Waals surface area contributed by atoms with Crippen molar-refractivity contribution in [3.05, 3.63) is 10.4 Å². The second kappa shape index (κ2) is 6.70. The van der Waals surface area contributed by atoms with Crippen LogP contribution in [0, 0.1) is 0 Å². The lowest BCUT2D eigenvalue weighted by Gasteiger charge is -2.26. The van der Waals surface area contributed by atoms with Crippen LogP contribution >= 0.6 is 0 Å². The van der Waals surface area contributed by atoms with Crippen LogP contribution in [0.15, 0.2) is 4.79 Å². The Hall–Kier alpha value is -2.74. The summed E-state index contributed by atoms with van der Waals surface area (Å²) in [5.41, 5.74) is 4.86. The number of fused-ring (bicyclic) bond motifs is 1. The highest BCUT2D eigenvalue weighted by Crippen LogP contribution is 2.36. The largest absolute Gasteiger partial charge is 0.480 e. The summed E-state index contributed by atoms with van der Waals surface area (Å²) < 4.78 is 6.82. The lowest BCUT2D eigenvalue weighted by Crippen LogP contribution is -2.39. The Morgan fingerprint density at radius 2 is 2.07 bits per heavy atom. The zero-order valence-electron chi connectivity index (χ0n) is 14.6. The minimum absolute atomic E-state index is 0.0258. The molecule has 0 amide bonds. The summed E-state index contributed by atoms with van der Waals surface area (Å²) in [4.78, 5) is 36.0. The average molecular weight is 396 g/mol. The SMILES string of the molecule is Nc1nc2c(nc(N3CCC[C@H]3C(=O)O)n2[C@@H]2O[C@H](CO)[C@@H](O)[C@H]2O)c(=O)[nH]1. The van der Waals surface area contributed by atoms with E-state index in [1.165, 1.54) is 9.47 Å². The molecule has 0 aromatic carbocycles. The molecular formula is C15H20N6O7. The summed E-state index contributed by atoms with van der Waals surface area (Å²) in [6.45, 7) is -0.198. The molecule has 2 saturated heterocycles. The van der Waals surface area contributed by atoms with Gasteiger partial charge in [0.1, 0.15) is 24.4 Å². The molecule has 2 aliphatic heterocycles. The quantitative estimate of drug-likeness (QED) is 0.316. The van der Waals surface area contributed by atoms with E-state index >= 15 is 0 Å². The number of hydrogen-bond acceptors (Lipinski definition) is 10. The average Bonchev–Trinajstić information content (AvgIpc) is 3.32. The molecule has 0 radical (unpaired) electrons. The van der Waals surface area contributed by atoms with Gasteiger partial charge in [0.2, 0.25) is 11.9 Å². The molecule has 2 aromatic heterocycles. The molecule has 7 N–H and O–H groups in total.